The Kier molecular flexibility index (Phi) is 6.29. The Hall–Kier alpha value is -4.06. The van der Waals surface area contributed by atoms with Gasteiger partial charge in [-0.1, -0.05) is 93.4 Å². The maximum absolute atomic E-state index is 4.72. The summed E-state index contributed by atoms with van der Waals surface area (Å²) in [6.07, 6.45) is 4.45. The molecule has 0 radical (unpaired) electrons. The van der Waals surface area contributed by atoms with E-state index in [-0.39, 0.29) is 0 Å². The number of nitrogens with zero attached hydrogens (tertiary/aromatic N) is 4. The minimum Gasteiger partial charge on any atom is -0.259 e. The molecule has 3 aromatic carbocycles. The molecule has 2 aromatic heterocycles. The molecule has 0 bridgehead atoms. The standard InChI is InChI=1S/C28H28N6/c1-3-6-19-10-14-21(15-11-19)25-29-27(33-31-25)23-8-5-9-24(18-23)28-30-26(32-34-28)22-16-12-20(7-4-2)13-17-22/h5,8-18H,3-4,6-7H2,1-2H3,(H,29,31,33)(H,30,32,34). The van der Waals surface area contributed by atoms with E-state index in [1.165, 1.54) is 11.1 Å². The lowest BCUT2D eigenvalue weighted by Crippen LogP contribution is -1.86. The average molecular weight is 449 g/mol. The van der Waals surface area contributed by atoms with Crippen LogP contribution < -0.4 is 0 Å². The summed E-state index contributed by atoms with van der Waals surface area (Å²) in [4.78, 5) is 9.44. The van der Waals surface area contributed by atoms with E-state index in [0.29, 0.717) is 11.6 Å². The minimum absolute atomic E-state index is 0.650. The van der Waals surface area contributed by atoms with Crippen molar-refractivity contribution in [2.75, 3.05) is 0 Å². The zero-order valence-corrected chi connectivity index (χ0v) is 19.5. The van der Waals surface area contributed by atoms with Crippen molar-refractivity contribution in [1.29, 1.82) is 0 Å². The number of aromatic nitrogens is 6. The van der Waals surface area contributed by atoms with Gasteiger partial charge in [0.2, 0.25) is 0 Å². The van der Waals surface area contributed by atoms with Crippen LogP contribution in [0.25, 0.3) is 45.6 Å². The molecule has 0 saturated heterocycles. The van der Waals surface area contributed by atoms with Gasteiger partial charge < -0.3 is 0 Å². The van der Waals surface area contributed by atoms with E-state index in [4.69, 9.17) is 9.97 Å². The van der Waals surface area contributed by atoms with Crippen LogP contribution in [0.2, 0.25) is 0 Å². The summed E-state index contributed by atoms with van der Waals surface area (Å²) in [5.41, 5.74) is 6.55. The molecular formula is C28H28N6. The summed E-state index contributed by atoms with van der Waals surface area (Å²) in [7, 11) is 0. The van der Waals surface area contributed by atoms with Gasteiger partial charge in [-0.15, -0.1) is 0 Å². The van der Waals surface area contributed by atoms with Gasteiger partial charge in [-0.05, 0) is 30.0 Å². The van der Waals surface area contributed by atoms with Crippen LogP contribution in [0.4, 0.5) is 0 Å². The molecule has 0 spiro atoms. The monoisotopic (exact) mass is 448 g/mol. The van der Waals surface area contributed by atoms with Gasteiger partial charge in [0.15, 0.2) is 23.3 Å². The number of hydrogen-bond donors (Lipinski definition) is 2. The highest BCUT2D eigenvalue weighted by molar-refractivity contribution is 5.69. The maximum atomic E-state index is 4.72. The highest BCUT2D eigenvalue weighted by Crippen LogP contribution is 2.26. The van der Waals surface area contributed by atoms with Crippen LogP contribution in [0.1, 0.15) is 37.8 Å². The molecular weight excluding hydrogens is 420 g/mol. The fourth-order valence-electron chi connectivity index (χ4n) is 4.07. The first-order valence-electron chi connectivity index (χ1n) is 11.9. The molecule has 0 unspecified atom stereocenters. The SMILES string of the molecule is CCCc1ccc(-c2nc(-c3cccc(-c4n[nH]c(-c5ccc(CCC)cc5)n4)c3)n[nH]2)cc1. The topological polar surface area (TPSA) is 83.1 Å². The number of aryl methyl sites for hydroxylation is 2. The Bertz CT molecular complexity index is 1260. The second-order valence-electron chi connectivity index (χ2n) is 8.49. The molecule has 0 amide bonds. The number of hydrogen-bond acceptors (Lipinski definition) is 4. The molecule has 0 saturated carbocycles. The van der Waals surface area contributed by atoms with Crippen molar-refractivity contribution in [3.05, 3.63) is 83.9 Å². The van der Waals surface area contributed by atoms with Crippen LogP contribution in [0, 0.1) is 0 Å². The Labute approximate surface area is 199 Å². The predicted molar refractivity (Wildman–Crippen MR) is 136 cm³/mol. The van der Waals surface area contributed by atoms with Crippen molar-refractivity contribution in [3.8, 4) is 45.6 Å². The fourth-order valence-corrected chi connectivity index (χ4v) is 4.07. The Morgan fingerprint density at radius 3 is 1.41 bits per heavy atom. The van der Waals surface area contributed by atoms with Gasteiger partial charge in [0, 0.05) is 22.3 Å². The quantitative estimate of drug-likeness (QED) is 0.284. The normalized spacial score (nSPS) is 11.1. The zero-order chi connectivity index (χ0) is 23.3. The molecule has 2 N–H and O–H groups in total. The minimum atomic E-state index is 0.650. The highest BCUT2D eigenvalue weighted by atomic mass is 15.2. The third-order valence-electron chi connectivity index (χ3n) is 5.88. The molecule has 5 aromatic rings. The van der Waals surface area contributed by atoms with Gasteiger partial charge in [0.05, 0.1) is 0 Å². The Balaban J connectivity index is 1.36. The summed E-state index contributed by atoms with van der Waals surface area (Å²) in [5, 5.41) is 15.0. The van der Waals surface area contributed by atoms with Gasteiger partial charge in [0.1, 0.15) is 0 Å². The number of aromatic amines is 2. The molecule has 0 aliphatic heterocycles. The Morgan fingerprint density at radius 2 is 1.00 bits per heavy atom. The van der Waals surface area contributed by atoms with Crippen LogP contribution in [0.3, 0.4) is 0 Å². The van der Waals surface area contributed by atoms with Crippen molar-refractivity contribution in [2.24, 2.45) is 0 Å². The summed E-state index contributed by atoms with van der Waals surface area (Å²) in [6.45, 7) is 4.38. The molecule has 6 nitrogen and oxygen atoms in total. The van der Waals surface area contributed by atoms with Crippen LogP contribution in [0.5, 0.6) is 0 Å². The number of nitrogens with one attached hydrogen (secondary N) is 2. The molecule has 5 rings (SSSR count). The third kappa shape index (κ3) is 4.66. The summed E-state index contributed by atoms with van der Waals surface area (Å²) in [5.74, 6) is 2.82. The lowest BCUT2D eigenvalue weighted by molar-refractivity contribution is 0.922. The molecule has 0 fully saturated rings. The molecule has 170 valence electrons. The largest absolute Gasteiger partial charge is 0.259 e. The van der Waals surface area contributed by atoms with Gasteiger partial charge >= 0.3 is 0 Å². The van der Waals surface area contributed by atoms with Crippen molar-refractivity contribution in [2.45, 2.75) is 39.5 Å². The van der Waals surface area contributed by atoms with Crippen LogP contribution in [-0.4, -0.2) is 30.4 Å². The van der Waals surface area contributed by atoms with E-state index in [9.17, 15) is 0 Å². The number of rotatable bonds is 8. The van der Waals surface area contributed by atoms with E-state index in [2.05, 4.69) is 82.8 Å². The lowest BCUT2D eigenvalue weighted by Gasteiger charge is -2.01. The second kappa shape index (κ2) is 9.83. The van der Waals surface area contributed by atoms with E-state index >= 15 is 0 Å². The first-order chi connectivity index (χ1) is 16.7. The molecule has 6 heteroatoms. The summed E-state index contributed by atoms with van der Waals surface area (Å²) >= 11 is 0. The predicted octanol–water partition coefficient (Wildman–Crippen LogP) is 6.50. The van der Waals surface area contributed by atoms with Gasteiger partial charge in [0.25, 0.3) is 0 Å². The van der Waals surface area contributed by atoms with Gasteiger partial charge in [-0.25, -0.2) is 9.97 Å². The van der Waals surface area contributed by atoms with Crippen LogP contribution >= 0.6 is 0 Å². The van der Waals surface area contributed by atoms with Gasteiger partial charge in [-0.2, -0.15) is 10.2 Å². The van der Waals surface area contributed by atoms with E-state index in [0.717, 1.165) is 59.6 Å². The van der Waals surface area contributed by atoms with Crippen LogP contribution in [-0.2, 0) is 12.8 Å². The summed E-state index contributed by atoms with van der Waals surface area (Å²) in [6, 6.07) is 25.0. The number of benzene rings is 3. The molecule has 0 atom stereocenters. The average Bonchev–Trinajstić information content (AvgIpc) is 3.57. The summed E-state index contributed by atoms with van der Waals surface area (Å²) < 4.78 is 0. The van der Waals surface area contributed by atoms with E-state index in [1.807, 2.05) is 24.3 Å². The smallest absolute Gasteiger partial charge is 0.181 e. The fraction of sp³-hybridized carbons (Fsp3) is 0.214. The number of H-pyrrole nitrogens is 2. The molecule has 0 aliphatic carbocycles. The van der Waals surface area contributed by atoms with Crippen molar-refractivity contribution < 1.29 is 0 Å². The lowest BCUT2D eigenvalue weighted by atomic mass is 10.1. The van der Waals surface area contributed by atoms with E-state index < -0.39 is 0 Å². The second-order valence-corrected chi connectivity index (χ2v) is 8.49. The first-order valence-corrected chi connectivity index (χ1v) is 11.9. The van der Waals surface area contributed by atoms with Gasteiger partial charge in [-0.3, -0.25) is 10.2 Å². The molecule has 2 heterocycles. The van der Waals surface area contributed by atoms with Crippen LogP contribution in [0.15, 0.2) is 72.8 Å². The first kappa shape index (κ1) is 21.8. The van der Waals surface area contributed by atoms with Crippen molar-refractivity contribution in [3.63, 3.8) is 0 Å². The maximum Gasteiger partial charge on any atom is 0.181 e. The van der Waals surface area contributed by atoms with Crippen molar-refractivity contribution >= 4 is 0 Å². The molecule has 34 heavy (non-hydrogen) atoms. The zero-order valence-electron chi connectivity index (χ0n) is 19.5. The molecule has 0 aliphatic rings. The third-order valence-corrected chi connectivity index (χ3v) is 5.88. The van der Waals surface area contributed by atoms with Crippen molar-refractivity contribution in [1.82, 2.24) is 30.4 Å². The van der Waals surface area contributed by atoms with E-state index in [1.54, 1.807) is 0 Å². The Morgan fingerprint density at radius 1 is 0.559 bits per heavy atom. The highest BCUT2D eigenvalue weighted by Gasteiger charge is 2.12.